The van der Waals surface area contributed by atoms with Gasteiger partial charge in [0, 0.05) is 18.8 Å². The molecule has 4 rings (SSSR count). The number of benzene rings is 3. The number of nitrogens with two attached hydrogens (primary N) is 1. The smallest absolute Gasteiger partial charge is 0.328 e. The SMILES string of the molecule is CC(C)CN(C[C@@H](O)[C@H](Cc1ccccc1)NC(=O)[C@H](C(C)C)N1CC(=O)N(Cc2cccc(N)c2)C1=O)S(=O)(=O)c1ccc(/C=N/O)cc1. The highest BCUT2D eigenvalue weighted by Gasteiger charge is 2.44. The Morgan fingerprint density at radius 1 is 0.980 bits per heavy atom. The minimum Gasteiger partial charge on any atom is -0.411 e. The Bertz CT molecular complexity index is 1770. The fourth-order valence-corrected chi connectivity index (χ4v) is 7.61. The fraction of sp³-hybridized carbons (Fsp3) is 0.389. The number of anilines is 1. The molecule has 14 heteroatoms. The molecule has 0 saturated carbocycles. The van der Waals surface area contributed by atoms with Gasteiger partial charge >= 0.3 is 6.03 Å². The van der Waals surface area contributed by atoms with Crippen molar-refractivity contribution in [1.82, 2.24) is 19.4 Å². The number of carbonyl (C=O) groups is 3. The number of nitrogens with one attached hydrogen (secondary N) is 1. The minimum absolute atomic E-state index is 0.00109. The quantitative estimate of drug-likeness (QED) is 0.0575. The number of imide groups is 1. The molecule has 0 aromatic heterocycles. The van der Waals surface area contributed by atoms with Crippen LogP contribution in [0.5, 0.6) is 0 Å². The first kappa shape index (κ1) is 38.0. The molecule has 1 heterocycles. The van der Waals surface area contributed by atoms with Gasteiger partial charge in [0.05, 0.1) is 29.8 Å². The number of hydrogen-bond acceptors (Lipinski definition) is 9. The molecule has 3 aromatic rings. The van der Waals surface area contributed by atoms with Crippen molar-refractivity contribution in [2.45, 2.75) is 63.7 Å². The zero-order chi connectivity index (χ0) is 36.6. The fourth-order valence-electron chi connectivity index (χ4n) is 5.99. The maximum atomic E-state index is 14.1. The lowest BCUT2D eigenvalue weighted by Crippen LogP contribution is -2.57. The summed E-state index contributed by atoms with van der Waals surface area (Å²) in [6.07, 6.45) is -0.0226. The number of carbonyl (C=O) groups excluding carboxylic acids is 3. The van der Waals surface area contributed by atoms with Gasteiger partial charge in [0.25, 0.3) is 5.91 Å². The van der Waals surface area contributed by atoms with E-state index in [2.05, 4.69) is 10.5 Å². The monoisotopic (exact) mass is 706 g/mol. The minimum atomic E-state index is -4.10. The van der Waals surface area contributed by atoms with Crippen molar-refractivity contribution in [3.63, 3.8) is 0 Å². The van der Waals surface area contributed by atoms with Crippen molar-refractivity contribution in [3.8, 4) is 0 Å². The Morgan fingerprint density at radius 2 is 1.64 bits per heavy atom. The van der Waals surface area contributed by atoms with E-state index in [1.54, 1.807) is 38.1 Å². The summed E-state index contributed by atoms with van der Waals surface area (Å²) in [5.41, 5.74) is 8.33. The number of urea groups is 1. The topological polar surface area (TPSA) is 186 Å². The summed E-state index contributed by atoms with van der Waals surface area (Å²) in [4.78, 5) is 43.1. The van der Waals surface area contributed by atoms with Crippen molar-refractivity contribution in [2.24, 2.45) is 17.0 Å². The molecular formula is C36H46N6O7S. The van der Waals surface area contributed by atoms with E-state index >= 15 is 0 Å². The first-order chi connectivity index (χ1) is 23.7. The normalized spacial score (nSPS) is 15.8. The van der Waals surface area contributed by atoms with Crippen LogP contribution in [-0.4, -0.2) is 94.7 Å². The molecule has 1 aliphatic rings. The number of hydrogen-bond donors (Lipinski definition) is 4. The third-order valence-electron chi connectivity index (χ3n) is 8.39. The summed E-state index contributed by atoms with van der Waals surface area (Å²) < 4.78 is 28.9. The predicted molar refractivity (Wildman–Crippen MR) is 190 cm³/mol. The summed E-state index contributed by atoms with van der Waals surface area (Å²) in [6, 6.07) is 19.2. The summed E-state index contributed by atoms with van der Waals surface area (Å²) in [6.45, 7) is 6.70. The molecule has 4 amide bonds. The van der Waals surface area contributed by atoms with E-state index in [0.29, 0.717) is 16.8 Å². The molecule has 3 atom stereocenters. The molecule has 3 aromatic carbocycles. The van der Waals surface area contributed by atoms with Crippen LogP contribution in [0.1, 0.15) is 44.4 Å². The molecule has 50 heavy (non-hydrogen) atoms. The second-order valence-corrected chi connectivity index (χ2v) is 15.2. The van der Waals surface area contributed by atoms with Gasteiger partial charge in [0.2, 0.25) is 15.9 Å². The van der Waals surface area contributed by atoms with Crippen LogP contribution >= 0.6 is 0 Å². The van der Waals surface area contributed by atoms with E-state index in [9.17, 15) is 27.9 Å². The van der Waals surface area contributed by atoms with E-state index in [4.69, 9.17) is 10.9 Å². The van der Waals surface area contributed by atoms with Crippen molar-refractivity contribution >= 4 is 39.8 Å². The summed E-state index contributed by atoms with van der Waals surface area (Å²) in [7, 11) is -4.10. The van der Waals surface area contributed by atoms with Crippen LogP contribution in [0, 0.1) is 11.8 Å². The van der Waals surface area contributed by atoms with Gasteiger partial charge in [-0.2, -0.15) is 4.31 Å². The van der Waals surface area contributed by atoms with Crippen LogP contribution in [0.15, 0.2) is 88.9 Å². The second kappa shape index (κ2) is 16.7. The molecule has 1 aliphatic heterocycles. The van der Waals surface area contributed by atoms with E-state index in [0.717, 1.165) is 10.5 Å². The number of aliphatic hydroxyl groups is 1. The average Bonchev–Trinajstić information content (AvgIpc) is 3.32. The highest BCUT2D eigenvalue weighted by atomic mass is 32.2. The molecule has 0 radical (unpaired) electrons. The highest BCUT2D eigenvalue weighted by Crippen LogP contribution is 2.24. The Kier molecular flexibility index (Phi) is 12.7. The van der Waals surface area contributed by atoms with Crippen LogP contribution in [0.2, 0.25) is 0 Å². The van der Waals surface area contributed by atoms with Gasteiger partial charge in [-0.15, -0.1) is 0 Å². The van der Waals surface area contributed by atoms with Crippen molar-refractivity contribution in [3.05, 3.63) is 95.6 Å². The second-order valence-electron chi connectivity index (χ2n) is 13.2. The van der Waals surface area contributed by atoms with Gasteiger partial charge in [-0.05, 0) is 59.2 Å². The zero-order valence-electron chi connectivity index (χ0n) is 28.7. The van der Waals surface area contributed by atoms with Gasteiger partial charge < -0.3 is 26.3 Å². The summed E-state index contributed by atoms with van der Waals surface area (Å²) >= 11 is 0. The molecule has 0 unspecified atom stereocenters. The maximum absolute atomic E-state index is 14.1. The third kappa shape index (κ3) is 9.46. The zero-order valence-corrected chi connectivity index (χ0v) is 29.5. The lowest BCUT2D eigenvalue weighted by Gasteiger charge is -2.34. The van der Waals surface area contributed by atoms with Crippen LogP contribution in [0.3, 0.4) is 0 Å². The number of nitrogens with zero attached hydrogens (tertiary/aromatic N) is 4. The van der Waals surface area contributed by atoms with Gasteiger partial charge in [-0.1, -0.05) is 87.4 Å². The van der Waals surface area contributed by atoms with E-state index < -0.39 is 52.0 Å². The maximum Gasteiger partial charge on any atom is 0.328 e. The predicted octanol–water partition coefficient (Wildman–Crippen LogP) is 3.30. The third-order valence-corrected chi connectivity index (χ3v) is 10.2. The first-order valence-electron chi connectivity index (χ1n) is 16.5. The van der Waals surface area contributed by atoms with E-state index in [1.807, 2.05) is 44.2 Å². The van der Waals surface area contributed by atoms with Crippen molar-refractivity contribution in [1.29, 1.82) is 0 Å². The first-order valence-corrected chi connectivity index (χ1v) is 17.9. The van der Waals surface area contributed by atoms with Gasteiger partial charge in [0.1, 0.15) is 12.6 Å². The number of rotatable bonds is 16. The molecule has 1 fully saturated rings. The molecular weight excluding hydrogens is 660 g/mol. The highest BCUT2D eigenvalue weighted by molar-refractivity contribution is 7.89. The Balaban J connectivity index is 1.59. The number of nitrogen functional groups attached to an aromatic ring is 1. The summed E-state index contributed by atoms with van der Waals surface area (Å²) in [5, 5.41) is 26.4. The largest absolute Gasteiger partial charge is 0.411 e. The lowest BCUT2D eigenvalue weighted by atomic mass is 9.97. The number of aliphatic hydroxyl groups excluding tert-OH is 1. The van der Waals surface area contributed by atoms with Crippen molar-refractivity contribution in [2.75, 3.05) is 25.4 Å². The van der Waals surface area contributed by atoms with Crippen LogP contribution in [0.25, 0.3) is 0 Å². The number of amides is 4. The molecule has 1 saturated heterocycles. The van der Waals surface area contributed by atoms with Gasteiger partial charge in [-0.25, -0.2) is 13.2 Å². The Hall–Kier alpha value is -4.79. The van der Waals surface area contributed by atoms with Crippen LogP contribution < -0.4 is 11.1 Å². The number of sulfonamides is 1. The standard InChI is InChI=1S/C36H46N6O7S/c1-24(2)20-40(50(48,49)30-15-13-27(14-16-30)19-38-47)22-32(43)31(18-26-9-6-5-7-10-26)39-35(45)34(25(3)4)42-23-33(44)41(36(42)46)21-28-11-8-12-29(37)17-28/h5-17,19,24-25,31-32,34,43,47H,18,20-23,37H2,1-4H3,(H,39,45)/b38-19+/t31-,32+,34-/m0/s1. The average molecular weight is 707 g/mol. The van der Waals surface area contributed by atoms with Gasteiger partial charge in [-0.3, -0.25) is 14.5 Å². The molecule has 0 spiro atoms. The summed E-state index contributed by atoms with van der Waals surface area (Å²) in [5.74, 6) is -1.54. The molecule has 0 aliphatic carbocycles. The van der Waals surface area contributed by atoms with Crippen molar-refractivity contribution < 1.29 is 33.1 Å². The Labute approximate surface area is 293 Å². The Morgan fingerprint density at radius 3 is 2.24 bits per heavy atom. The lowest BCUT2D eigenvalue weighted by molar-refractivity contribution is -0.129. The van der Waals surface area contributed by atoms with Crippen LogP contribution in [0.4, 0.5) is 10.5 Å². The van der Waals surface area contributed by atoms with E-state index in [1.165, 1.54) is 39.7 Å². The molecule has 13 nitrogen and oxygen atoms in total. The number of oxime groups is 1. The van der Waals surface area contributed by atoms with E-state index in [-0.39, 0.29) is 43.4 Å². The molecule has 5 N–H and O–H groups in total. The molecule has 0 bridgehead atoms. The van der Waals surface area contributed by atoms with Gasteiger partial charge in [0.15, 0.2) is 0 Å². The van der Waals surface area contributed by atoms with Crippen LogP contribution in [-0.2, 0) is 32.6 Å². The molecule has 268 valence electrons.